The molecule has 0 saturated carbocycles. The molecule has 7 nitrogen and oxygen atoms in total. The van der Waals surface area contributed by atoms with E-state index in [9.17, 15) is 9.59 Å². The van der Waals surface area contributed by atoms with Crippen LogP contribution in [0.15, 0.2) is 30.7 Å². The number of aromatic amines is 1. The average molecular weight is 288 g/mol. The lowest BCUT2D eigenvalue weighted by atomic mass is 10.1. The normalized spacial score (nSPS) is 10.3. The summed E-state index contributed by atoms with van der Waals surface area (Å²) in [5.41, 5.74) is 1.70. The predicted molar refractivity (Wildman–Crippen MR) is 75.6 cm³/mol. The summed E-state index contributed by atoms with van der Waals surface area (Å²) in [5.74, 6) is -1.38. The second-order valence-corrected chi connectivity index (χ2v) is 4.52. The molecule has 0 aliphatic carbocycles. The van der Waals surface area contributed by atoms with Crippen molar-refractivity contribution in [2.45, 2.75) is 13.3 Å². The van der Waals surface area contributed by atoms with Crippen molar-refractivity contribution in [3.8, 4) is 11.3 Å². The number of H-pyrrole nitrogens is 1. The molecule has 0 saturated heterocycles. The second-order valence-electron chi connectivity index (χ2n) is 4.52. The predicted octanol–water partition coefficient (Wildman–Crippen LogP) is 1.41. The number of pyridine rings is 1. The van der Waals surface area contributed by atoms with E-state index in [4.69, 9.17) is 5.11 Å². The van der Waals surface area contributed by atoms with Crippen molar-refractivity contribution in [1.82, 2.24) is 20.1 Å². The maximum atomic E-state index is 12.5. The molecule has 2 heterocycles. The molecule has 110 valence electrons. The van der Waals surface area contributed by atoms with Gasteiger partial charge in [0.05, 0.1) is 17.5 Å². The molecule has 0 aliphatic heterocycles. The fraction of sp³-hybridized carbons (Fsp3) is 0.286. The maximum Gasteiger partial charge on any atom is 0.323 e. The van der Waals surface area contributed by atoms with Crippen LogP contribution in [0.1, 0.15) is 23.7 Å². The molecule has 1 amide bonds. The molecule has 0 aliphatic rings. The fourth-order valence-corrected chi connectivity index (χ4v) is 2.04. The first-order valence-electron chi connectivity index (χ1n) is 6.58. The van der Waals surface area contributed by atoms with Crippen LogP contribution in [-0.2, 0) is 4.79 Å². The molecule has 2 aromatic heterocycles. The molecule has 2 N–H and O–H groups in total. The number of hydrogen-bond donors (Lipinski definition) is 2. The lowest BCUT2D eigenvalue weighted by Gasteiger charge is -2.19. The molecule has 0 fully saturated rings. The van der Waals surface area contributed by atoms with Crippen LogP contribution in [-0.4, -0.2) is 50.2 Å². The monoisotopic (exact) mass is 288 g/mol. The number of nitrogens with one attached hydrogen (secondary N) is 1. The van der Waals surface area contributed by atoms with Crippen LogP contribution in [0.25, 0.3) is 11.3 Å². The summed E-state index contributed by atoms with van der Waals surface area (Å²) in [6.45, 7) is 1.95. The summed E-state index contributed by atoms with van der Waals surface area (Å²) >= 11 is 0. The van der Waals surface area contributed by atoms with E-state index in [1.807, 2.05) is 6.92 Å². The highest BCUT2D eigenvalue weighted by atomic mass is 16.4. The average Bonchev–Trinajstić information content (AvgIpc) is 2.96. The van der Waals surface area contributed by atoms with Gasteiger partial charge in [0.15, 0.2) is 0 Å². The molecule has 0 unspecified atom stereocenters. The highest BCUT2D eigenvalue weighted by Crippen LogP contribution is 2.21. The number of aromatic nitrogens is 3. The molecule has 0 atom stereocenters. The van der Waals surface area contributed by atoms with Crippen LogP contribution in [0.2, 0.25) is 0 Å². The highest BCUT2D eigenvalue weighted by molar-refractivity contribution is 6.00. The Hall–Kier alpha value is -2.70. The minimum absolute atomic E-state index is 0.326. The van der Waals surface area contributed by atoms with Crippen LogP contribution < -0.4 is 0 Å². The van der Waals surface area contributed by atoms with Crippen LogP contribution in [0, 0.1) is 0 Å². The Morgan fingerprint density at radius 2 is 2.05 bits per heavy atom. The first-order chi connectivity index (χ1) is 10.1. The van der Waals surface area contributed by atoms with Gasteiger partial charge in [0.2, 0.25) is 0 Å². The van der Waals surface area contributed by atoms with E-state index >= 15 is 0 Å². The number of nitrogens with zero attached hydrogens (tertiary/aromatic N) is 3. The molecule has 0 spiro atoms. The van der Waals surface area contributed by atoms with Crippen molar-refractivity contribution in [1.29, 1.82) is 0 Å². The third kappa shape index (κ3) is 3.44. The van der Waals surface area contributed by atoms with Gasteiger partial charge in [-0.15, -0.1) is 0 Å². The standard InChI is InChI=1S/C14H16N4O3/c1-2-7-18(9-12(19)20)14(21)11-8-16-17-13(11)10-3-5-15-6-4-10/h3-6,8H,2,7,9H2,1H3,(H,16,17)(H,19,20). The van der Waals surface area contributed by atoms with E-state index in [0.717, 1.165) is 5.56 Å². The summed E-state index contributed by atoms with van der Waals surface area (Å²) in [6.07, 6.45) is 5.33. The number of carboxylic acid groups (broad SMARTS) is 1. The summed E-state index contributed by atoms with van der Waals surface area (Å²) in [7, 11) is 0. The molecule has 21 heavy (non-hydrogen) atoms. The van der Waals surface area contributed by atoms with Gasteiger partial charge in [0.25, 0.3) is 5.91 Å². The number of hydrogen-bond acceptors (Lipinski definition) is 4. The van der Waals surface area contributed by atoms with Gasteiger partial charge in [-0.2, -0.15) is 5.10 Å². The molecule has 2 rings (SSSR count). The third-order valence-corrected chi connectivity index (χ3v) is 2.95. The molecule has 7 heteroatoms. The Bertz CT molecular complexity index is 624. The van der Waals surface area contributed by atoms with E-state index in [0.29, 0.717) is 24.2 Å². The van der Waals surface area contributed by atoms with Crippen LogP contribution in [0.5, 0.6) is 0 Å². The van der Waals surface area contributed by atoms with E-state index in [1.54, 1.807) is 24.5 Å². The van der Waals surface area contributed by atoms with Gasteiger partial charge in [-0.3, -0.25) is 19.7 Å². The van der Waals surface area contributed by atoms with Crippen molar-refractivity contribution >= 4 is 11.9 Å². The van der Waals surface area contributed by atoms with Crippen molar-refractivity contribution in [3.05, 3.63) is 36.3 Å². The Morgan fingerprint density at radius 3 is 2.67 bits per heavy atom. The van der Waals surface area contributed by atoms with Crippen molar-refractivity contribution in [3.63, 3.8) is 0 Å². The van der Waals surface area contributed by atoms with Crippen LogP contribution in [0.4, 0.5) is 0 Å². The number of carbonyl (C=O) groups is 2. The van der Waals surface area contributed by atoms with Crippen molar-refractivity contribution < 1.29 is 14.7 Å². The summed E-state index contributed by atoms with van der Waals surface area (Å²) in [5, 5.41) is 15.6. The van der Waals surface area contributed by atoms with Gasteiger partial charge in [0.1, 0.15) is 6.54 Å². The minimum Gasteiger partial charge on any atom is -0.480 e. The molecular weight excluding hydrogens is 272 g/mol. The van der Waals surface area contributed by atoms with Gasteiger partial charge in [-0.05, 0) is 18.6 Å². The largest absolute Gasteiger partial charge is 0.480 e. The smallest absolute Gasteiger partial charge is 0.323 e. The summed E-state index contributed by atoms with van der Waals surface area (Å²) < 4.78 is 0. The summed E-state index contributed by atoms with van der Waals surface area (Å²) in [6, 6.07) is 3.51. The maximum absolute atomic E-state index is 12.5. The Kier molecular flexibility index (Phi) is 4.65. The number of rotatable bonds is 6. The van der Waals surface area contributed by atoms with E-state index in [-0.39, 0.29) is 12.5 Å². The Morgan fingerprint density at radius 1 is 1.33 bits per heavy atom. The quantitative estimate of drug-likeness (QED) is 0.837. The second kappa shape index (κ2) is 6.65. The molecule has 0 radical (unpaired) electrons. The van der Waals surface area contributed by atoms with Gasteiger partial charge in [0, 0.05) is 24.5 Å². The first kappa shape index (κ1) is 14.7. The number of amides is 1. The molecule has 2 aromatic rings. The lowest BCUT2D eigenvalue weighted by Crippen LogP contribution is -2.36. The number of aliphatic carboxylic acids is 1. The van der Waals surface area contributed by atoms with E-state index in [2.05, 4.69) is 15.2 Å². The fourth-order valence-electron chi connectivity index (χ4n) is 2.04. The van der Waals surface area contributed by atoms with E-state index < -0.39 is 5.97 Å². The zero-order chi connectivity index (χ0) is 15.2. The lowest BCUT2D eigenvalue weighted by molar-refractivity contribution is -0.137. The topological polar surface area (TPSA) is 99.2 Å². The molecule has 0 bridgehead atoms. The highest BCUT2D eigenvalue weighted by Gasteiger charge is 2.22. The number of carboxylic acids is 1. The van der Waals surface area contributed by atoms with Gasteiger partial charge < -0.3 is 10.0 Å². The Balaban J connectivity index is 2.31. The third-order valence-electron chi connectivity index (χ3n) is 2.95. The van der Waals surface area contributed by atoms with E-state index in [1.165, 1.54) is 11.1 Å². The van der Waals surface area contributed by atoms with Gasteiger partial charge in [-0.25, -0.2) is 0 Å². The van der Waals surface area contributed by atoms with Crippen molar-refractivity contribution in [2.75, 3.05) is 13.1 Å². The van der Waals surface area contributed by atoms with Crippen LogP contribution >= 0.6 is 0 Å². The van der Waals surface area contributed by atoms with Gasteiger partial charge in [-0.1, -0.05) is 6.92 Å². The van der Waals surface area contributed by atoms with Crippen molar-refractivity contribution in [2.24, 2.45) is 0 Å². The minimum atomic E-state index is -1.04. The number of carbonyl (C=O) groups excluding carboxylic acids is 1. The Labute approximate surface area is 121 Å². The zero-order valence-corrected chi connectivity index (χ0v) is 11.6. The first-order valence-corrected chi connectivity index (χ1v) is 6.58. The zero-order valence-electron chi connectivity index (χ0n) is 11.6. The molecule has 0 aromatic carbocycles. The summed E-state index contributed by atoms with van der Waals surface area (Å²) in [4.78, 5) is 28.6. The van der Waals surface area contributed by atoms with Gasteiger partial charge >= 0.3 is 5.97 Å². The SMILES string of the molecule is CCCN(CC(=O)O)C(=O)c1cn[nH]c1-c1ccncc1. The van der Waals surface area contributed by atoms with Crippen LogP contribution in [0.3, 0.4) is 0 Å². The molecular formula is C14H16N4O3.